The number of halogens is 3. The minimum atomic E-state index is -4.41. The van der Waals surface area contributed by atoms with E-state index in [1.54, 1.807) is 13.0 Å². The van der Waals surface area contributed by atoms with Gasteiger partial charge < -0.3 is 10.6 Å². The van der Waals surface area contributed by atoms with E-state index in [4.69, 9.17) is 0 Å². The number of nitrogens with one attached hydrogen (secondary N) is 2. The van der Waals surface area contributed by atoms with Crippen molar-refractivity contribution in [3.05, 3.63) is 35.4 Å². The summed E-state index contributed by atoms with van der Waals surface area (Å²) in [5, 5.41) is 5.90. The zero-order valence-corrected chi connectivity index (χ0v) is 12.5. The SMILES string of the molecule is CC(NC(=O)CCC1CCNC1)c1ccccc1C(F)(F)F. The highest BCUT2D eigenvalue weighted by molar-refractivity contribution is 5.76. The first kappa shape index (κ1) is 16.8. The normalized spacial score (nSPS) is 19.9. The summed E-state index contributed by atoms with van der Waals surface area (Å²) >= 11 is 0. The van der Waals surface area contributed by atoms with E-state index in [1.807, 2.05) is 0 Å². The fourth-order valence-electron chi connectivity index (χ4n) is 2.82. The topological polar surface area (TPSA) is 41.1 Å². The largest absolute Gasteiger partial charge is 0.416 e. The highest BCUT2D eigenvalue weighted by atomic mass is 19.4. The molecule has 2 atom stereocenters. The standard InChI is InChI=1S/C16H21F3N2O/c1-11(13-4-2-3-5-14(13)16(17,18)19)21-15(22)7-6-12-8-9-20-10-12/h2-5,11-12,20H,6-10H2,1H3,(H,21,22). The molecule has 0 bridgehead atoms. The minimum Gasteiger partial charge on any atom is -0.350 e. The van der Waals surface area contributed by atoms with Crippen LogP contribution in [0.1, 0.15) is 43.4 Å². The zero-order chi connectivity index (χ0) is 16.2. The molecule has 0 aliphatic carbocycles. The van der Waals surface area contributed by atoms with Gasteiger partial charge in [0.25, 0.3) is 0 Å². The fourth-order valence-corrected chi connectivity index (χ4v) is 2.82. The van der Waals surface area contributed by atoms with Gasteiger partial charge in [-0.3, -0.25) is 4.79 Å². The second kappa shape index (κ2) is 7.13. The molecule has 0 saturated carbocycles. The summed E-state index contributed by atoms with van der Waals surface area (Å²) in [5.74, 6) is 0.292. The maximum Gasteiger partial charge on any atom is 0.416 e. The van der Waals surface area contributed by atoms with Crippen molar-refractivity contribution in [3.8, 4) is 0 Å². The third kappa shape index (κ3) is 4.47. The van der Waals surface area contributed by atoms with Gasteiger partial charge in [0.1, 0.15) is 0 Å². The molecule has 1 amide bonds. The van der Waals surface area contributed by atoms with Crippen LogP contribution in [0.4, 0.5) is 13.2 Å². The van der Waals surface area contributed by atoms with Crippen molar-refractivity contribution in [2.24, 2.45) is 5.92 Å². The second-order valence-electron chi connectivity index (χ2n) is 5.77. The molecule has 1 aliphatic heterocycles. The van der Waals surface area contributed by atoms with E-state index in [0.717, 1.165) is 32.0 Å². The van der Waals surface area contributed by atoms with Gasteiger partial charge >= 0.3 is 6.18 Å². The Hall–Kier alpha value is -1.56. The maximum absolute atomic E-state index is 13.0. The first-order chi connectivity index (χ1) is 10.4. The Bertz CT molecular complexity index is 510. The van der Waals surface area contributed by atoms with E-state index in [2.05, 4.69) is 10.6 Å². The van der Waals surface area contributed by atoms with E-state index in [-0.39, 0.29) is 11.5 Å². The van der Waals surface area contributed by atoms with Crippen LogP contribution in [0.5, 0.6) is 0 Å². The Morgan fingerprint density at radius 2 is 2.14 bits per heavy atom. The van der Waals surface area contributed by atoms with E-state index >= 15 is 0 Å². The zero-order valence-electron chi connectivity index (χ0n) is 12.5. The maximum atomic E-state index is 13.0. The third-order valence-corrected chi connectivity index (χ3v) is 4.05. The van der Waals surface area contributed by atoms with Crippen LogP contribution >= 0.6 is 0 Å². The number of benzene rings is 1. The lowest BCUT2D eigenvalue weighted by Crippen LogP contribution is -2.28. The van der Waals surface area contributed by atoms with E-state index < -0.39 is 17.8 Å². The summed E-state index contributed by atoms with van der Waals surface area (Å²) in [6, 6.07) is 4.70. The molecule has 2 unspecified atom stereocenters. The van der Waals surface area contributed by atoms with Crippen molar-refractivity contribution in [2.45, 2.75) is 38.4 Å². The molecule has 3 nitrogen and oxygen atoms in total. The van der Waals surface area contributed by atoms with Gasteiger partial charge in [-0.1, -0.05) is 18.2 Å². The fraction of sp³-hybridized carbons (Fsp3) is 0.562. The summed E-state index contributed by atoms with van der Waals surface area (Å²) < 4.78 is 38.9. The molecule has 0 radical (unpaired) electrons. The van der Waals surface area contributed by atoms with Crippen molar-refractivity contribution >= 4 is 5.91 Å². The molecule has 122 valence electrons. The smallest absolute Gasteiger partial charge is 0.350 e. The molecule has 1 aromatic carbocycles. The number of rotatable bonds is 5. The molecule has 1 aliphatic rings. The minimum absolute atomic E-state index is 0.103. The molecule has 1 fully saturated rings. The van der Waals surface area contributed by atoms with E-state index in [9.17, 15) is 18.0 Å². The monoisotopic (exact) mass is 314 g/mol. The highest BCUT2D eigenvalue weighted by Gasteiger charge is 2.34. The number of hydrogen-bond donors (Lipinski definition) is 2. The summed E-state index contributed by atoms with van der Waals surface area (Å²) in [4.78, 5) is 11.9. The molecule has 2 N–H and O–H groups in total. The third-order valence-electron chi connectivity index (χ3n) is 4.05. The van der Waals surface area contributed by atoms with Gasteiger partial charge in [0.2, 0.25) is 5.91 Å². The lowest BCUT2D eigenvalue weighted by atomic mass is 9.99. The van der Waals surface area contributed by atoms with Gasteiger partial charge in [-0.15, -0.1) is 0 Å². The Balaban J connectivity index is 1.94. The van der Waals surface area contributed by atoms with Crippen molar-refractivity contribution in [3.63, 3.8) is 0 Å². The molecular weight excluding hydrogens is 293 g/mol. The molecule has 22 heavy (non-hydrogen) atoms. The molecule has 6 heteroatoms. The Morgan fingerprint density at radius 3 is 2.77 bits per heavy atom. The molecule has 1 saturated heterocycles. The molecule has 2 rings (SSSR count). The summed E-state index contributed by atoms with van der Waals surface area (Å²) in [7, 11) is 0. The highest BCUT2D eigenvalue weighted by Crippen LogP contribution is 2.34. The van der Waals surface area contributed by atoms with E-state index in [0.29, 0.717) is 12.3 Å². The van der Waals surface area contributed by atoms with Crippen molar-refractivity contribution in [2.75, 3.05) is 13.1 Å². The van der Waals surface area contributed by atoms with Crippen LogP contribution in [0.15, 0.2) is 24.3 Å². The molecular formula is C16H21F3N2O. The van der Waals surface area contributed by atoms with Crippen molar-refractivity contribution in [1.82, 2.24) is 10.6 Å². The van der Waals surface area contributed by atoms with Gasteiger partial charge in [0.05, 0.1) is 11.6 Å². The molecule has 0 aromatic heterocycles. The Morgan fingerprint density at radius 1 is 1.41 bits per heavy atom. The first-order valence-corrected chi connectivity index (χ1v) is 7.54. The number of amides is 1. The number of carbonyl (C=O) groups is 1. The van der Waals surface area contributed by atoms with Crippen molar-refractivity contribution in [1.29, 1.82) is 0 Å². The van der Waals surface area contributed by atoms with Gasteiger partial charge in [0, 0.05) is 6.42 Å². The number of alkyl halides is 3. The van der Waals surface area contributed by atoms with Gasteiger partial charge in [-0.25, -0.2) is 0 Å². The average Bonchev–Trinajstić information content (AvgIpc) is 2.97. The quantitative estimate of drug-likeness (QED) is 0.876. The summed E-state index contributed by atoms with van der Waals surface area (Å²) in [5.41, 5.74) is -0.589. The van der Waals surface area contributed by atoms with Crippen molar-refractivity contribution < 1.29 is 18.0 Å². The predicted octanol–water partition coefficient (Wildman–Crippen LogP) is 3.27. The number of carbonyl (C=O) groups excluding carboxylic acids is 1. The molecule has 1 heterocycles. The Kier molecular flexibility index (Phi) is 5.45. The second-order valence-corrected chi connectivity index (χ2v) is 5.77. The summed E-state index contributed by atoms with van der Waals surface area (Å²) in [6.45, 7) is 3.47. The van der Waals surface area contributed by atoms with Crippen LogP contribution in [0.25, 0.3) is 0 Å². The molecule has 1 aromatic rings. The van der Waals surface area contributed by atoms with Gasteiger partial charge in [-0.2, -0.15) is 13.2 Å². The van der Waals surface area contributed by atoms with Crippen LogP contribution in [0.2, 0.25) is 0 Å². The molecule has 0 spiro atoms. The average molecular weight is 314 g/mol. The lowest BCUT2D eigenvalue weighted by molar-refractivity contribution is -0.138. The van der Waals surface area contributed by atoms with Crippen LogP contribution in [0.3, 0.4) is 0 Å². The predicted molar refractivity (Wildman–Crippen MR) is 78.2 cm³/mol. The van der Waals surface area contributed by atoms with Gasteiger partial charge in [0.15, 0.2) is 0 Å². The Labute approximate surface area is 128 Å². The first-order valence-electron chi connectivity index (χ1n) is 7.54. The van der Waals surface area contributed by atoms with Crippen LogP contribution in [0, 0.1) is 5.92 Å². The van der Waals surface area contributed by atoms with Crippen LogP contribution in [-0.2, 0) is 11.0 Å². The van der Waals surface area contributed by atoms with Crippen LogP contribution in [-0.4, -0.2) is 19.0 Å². The lowest BCUT2D eigenvalue weighted by Gasteiger charge is -2.19. The summed E-state index contributed by atoms with van der Waals surface area (Å²) in [6.07, 6.45) is -2.23. The number of hydrogen-bond acceptors (Lipinski definition) is 2. The van der Waals surface area contributed by atoms with Crippen LogP contribution < -0.4 is 10.6 Å². The van der Waals surface area contributed by atoms with Gasteiger partial charge in [-0.05, 0) is 50.4 Å². The van der Waals surface area contributed by atoms with E-state index in [1.165, 1.54) is 12.1 Å².